The van der Waals surface area contributed by atoms with Crippen LogP contribution in [0.3, 0.4) is 0 Å². The average molecular weight is 261 g/mol. The van der Waals surface area contributed by atoms with E-state index in [0.717, 1.165) is 11.1 Å². The highest BCUT2D eigenvalue weighted by molar-refractivity contribution is 5.80. The fourth-order valence-corrected chi connectivity index (χ4v) is 2.54. The van der Waals surface area contributed by atoms with Gasteiger partial charge in [0.15, 0.2) is 0 Å². The molecule has 2 aromatic carbocycles. The van der Waals surface area contributed by atoms with Crippen molar-refractivity contribution in [2.75, 3.05) is 0 Å². The van der Waals surface area contributed by atoms with Crippen LogP contribution in [0, 0.1) is 32.1 Å². The highest BCUT2D eigenvalue weighted by Crippen LogP contribution is 2.29. The Balaban J connectivity index is 2.53. The third-order valence-electron chi connectivity index (χ3n) is 3.62. The van der Waals surface area contributed by atoms with Crippen LogP contribution in [0.5, 0.6) is 0 Å². The lowest BCUT2D eigenvalue weighted by molar-refractivity contribution is 1.36. The average Bonchev–Trinajstić information content (AvgIpc) is 2.41. The Morgan fingerprint density at radius 1 is 0.950 bits per heavy atom. The zero-order valence-corrected chi connectivity index (χ0v) is 12.5. The van der Waals surface area contributed by atoms with Crippen molar-refractivity contribution < 1.29 is 0 Å². The van der Waals surface area contributed by atoms with Crippen LogP contribution >= 0.6 is 0 Å². The first-order chi connectivity index (χ1) is 9.56. The van der Waals surface area contributed by atoms with Crippen LogP contribution in [-0.4, -0.2) is 0 Å². The van der Waals surface area contributed by atoms with Crippen molar-refractivity contribution in [2.24, 2.45) is 0 Å². The van der Waals surface area contributed by atoms with E-state index in [1.165, 1.54) is 27.8 Å². The quantitative estimate of drug-likeness (QED) is 0.681. The van der Waals surface area contributed by atoms with Crippen molar-refractivity contribution in [3.63, 3.8) is 0 Å². The van der Waals surface area contributed by atoms with E-state index in [2.05, 4.69) is 57.2 Å². The normalized spacial score (nSPS) is 11.2. The van der Waals surface area contributed by atoms with Crippen molar-refractivity contribution >= 4 is 5.57 Å². The Kier molecular flexibility index (Phi) is 4.05. The molecule has 2 rings (SSSR count). The first-order valence-electron chi connectivity index (χ1n) is 6.82. The molecule has 20 heavy (non-hydrogen) atoms. The van der Waals surface area contributed by atoms with E-state index in [1.54, 1.807) is 0 Å². The molecule has 0 radical (unpaired) electrons. The summed E-state index contributed by atoms with van der Waals surface area (Å²) in [6.45, 7) is 8.25. The van der Waals surface area contributed by atoms with E-state index in [1.807, 2.05) is 19.1 Å². The summed E-state index contributed by atoms with van der Waals surface area (Å²) in [7, 11) is 0. The summed E-state index contributed by atoms with van der Waals surface area (Å²) < 4.78 is 0. The fraction of sp³-hybridized carbons (Fsp3) is 0.211. The molecule has 0 bridgehead atoms. The Hall–Kier alpha value is -2.33. The minimum Gasteiger partial charge on any atom is -0.192 e. The molecule has 0 unspecified atom stereocenters. The van der Waals surface area contributed by atoms with Crippen LogP contribution in [0.1, 0.15) is 29.2 Å². The topological polar surface area (TPSA) is 23.8 Å². The summed E-state index contributed by atoms with van der Waals surface area (Å²) >= 11 is 0. The van der Waals surface area contributed by atoms with Gasteiger partial charge in [-0.1, -0.05) is 48.0 Å². The Bertz CT molecular complexity index is 715. The van der Waals surface area contributed by atoms with Crippen LogP contribution in [0.25, 0.3) is 16.7 Å². The molecule has 1 heteroatoms. The van der Waals surface area contributed by atoms with Gasteiger partial charge in [0.2, 0.25) is 0 Å². The van der Waals surface area contributed by atoms with E-state index in [0.29, 0.717) is 0 Å². The molecule has 2 aromatic rings. The third-order valence-corrected chi connectivity index (χ3v) is 3.62. The van der Waals surface area contributed by atoms with Gasteiger partial charge in [-0.3, -0.25) is 0 Å². The van der Waals surface area contributed by atoms with Gasteiger partial charge in [0, 0.05) is 0 Å². The maximum atomic E-state index is 9.11. The number of hydrogen-bond acceptors (Lipinski definition) is 1. The molecule has 0 N–H and O–H groups in total. The summed E-state index contributed by atoms with van der Waals surface area (Å²) in [5.41, 5.74) is 7.97. The number of benzene rings is 2. The number of allylic oxidation sites excluding steroid dienone is 2. The van der Waals surface area contributed by atoms with Crippen molar-refractivity contribution in [1.82, 2.24) is 0 Å². The number of nitriles is 1. The van der Waals surface area contributed by atoms with E-state index >= 15 is 0 Å². The lowest BCUT2D eigenvalue weighted by Crippen LogP contribution is -1.90. The van der Waals surface area contributed by atoms with Gasteiger partial charge in [0.05, 0.1) is 11.6 Å². The molecular formula is C19H19N. The largest absolute Gasteiger partial charge is 0.192 e. The van der Waals surface area contributed by atoms with E-state index < -0.39 is 0 Å². The van der Waals surface area contributed by atoms with Gasteiger partial charge in [-0.05, 0) is 55.5 Å². The first-order valence-corrected chi connectivity index (χ1v) is 6.82. The molecule has 0 atom stereocenters. The molecule has 0 aliphatic carbocycles. The van der Waals surface area contributed by atoms with Gasteiger partial charge in [-0.15, -0.1) is 0 Å². The second-order valence-electron chi connectivity index (χ2n) is 5.16. The third kappa shape index (κ3) is 2.65. The second kappa shape index (κ2) is 5.75. The Morgan fingerprint density at radius 2 is 1.55 bits per heavy atom. The maximum Gasteiger partial charge on any atom is 0.0994 e. The highest BCUT2D eigenvalue weighted by atomic mass is 14.2. The van der Waals surface area contributed by atoms with Gasteiger partial charge in [-0.2, -0.15) is 5.26 Å². The van der Waals surface area contributed by atoms with Crippen molar-refractivity contribution in [3.8, 4) is 17.2 Å². The van der Waals surface area contributed by atoms with E-state index in [4.69, 9.17) is 5.26 Å². The van der Waals surface area contributed by atoms with Crippen molar-refractivity contribution in [1.29, 1.82) is 5.26 Å². The lowest BCUT2D eigenvalue weighted by atomic mass is 9.93. The Morgan fingerprint density at radius 3 is 2.05 bits per heavy atom. The summed E-state index contributed by atoms with van der Waals surface area (Å²) in [6, 6.07) is 15.0. The Labute approximate surface area is 121 Å². The number of aryl methyl sites for hydroxylation is 3. The van der Waals surface area contributed by atoms with Crippen molar-refractivity contribution in [2.45, 2.75) is 27.7 Å². The van der Waals surface area contributed by atoms with Crippen molar-refractivity contribution in [3.05, 3.63) is 64.7 Å². The van der Waals surface area contributed by atoms with Gasteiger partial charge in [-0.25, -0.2) is 0 Å². The predicted molar refractivity (Wildman–Crippen MR) is 85.4 cm³/mol. The summed E-state index contributed by atoms with van der Waals surface area (Å²) in [6.07, 6.45) is 1.85. The maximum absolute atomic E-state index is 9.11. The molecule has 0 spiro atoms. The number of rotatable bonds is 2. The van der Waals surface area contributed by atoms with Crippen LogP contribution in [0.4, 0.5) is 0 Å². The molecule has 0 aliphatic heterocycles. The molecule has 0 saturated carbocycles. The molecule has 0 amide bonds. The van der Waals surface area contributed by atoms with Crippen LogP contribution in [-0.2, 0) is 0 Å². The highest BCUT2D eigenvalue weighted by Gasteiger charge is 2.07. The molecule has 0 aliphatic rings. The summed E-state index contributed by atoms with van der Waals surface area (Å²) in [5.74, 6) is 0. The smallest absolute Gasteiger partial charge is 0.0994 e. The number of hydrogen-bond donors (Lipinski definition) is 0. The zero-order chi connectivity index (χ0) is 14.7. The van der Waals surface area contributed by atoms with E-state index in [9.17, 15) is 0 Å². The standard InChI is InChI=1S/C19H19N/c1-5-16(12-20)17-7-9-19(15(4)11-17)18-8-6-13(2)10-14(18)3/h5-11H,1-4H3/b16-5+. The summed E-state index contributed by atoms with van der Waals surface area (Å²) in [5, 5.41) is 9.11. The SMILES string of the molecule is C/C=C(\C#N)c1ccc(-c2ccc(C)cc2C)c(C)c1. The number of nitrogens with zero attached hydrogens (tertiary/aromatic N) is 1. The van der Waals surface area contributed by atoms with E-state index in [-0.39, 0.29) is 0 Å². The first kappa shape index (κ1) is 14.1. The van der Waals surface area contributed by atoms with Crippen LogP contribution in [0.15, 0.2) is 42.5 Å². The fourth-order valence-electron chi connectivity index (χ4n) is 2.54. The molecule has 0 saturated heterocycles. The molecular weight excluding hydrogens is 242 g/mol. The monoisotopic (exact) mass is 261 g/mol. The van der Waals surface area contributed by atoms with Gasteiger partial charge >= 0.3 is 0 Å². The molecule has 0 heterocycles. The van der Waals surface area contributed by atoms with Crippen LogP contribution in [0.2, 0.25) is 0 Å². The summed E-state index contributed by atoms with van der Waals surface area (Å²) in [4.78, 5) is 0. The van der Waals surface area contributed by atoms with Gasteiger partial charge in [0.1, 0.15) is 0 Å². The van der Waals surface area contributed by atoms with Gasteiger partial charge < -0.3 is 0 Å². The predicted octanol–water partition coefficient (Wildman–Crippen LogP) is 5.21. The molecule has 0 fully saturated rings. The zero-order valence-electron chi connectivity index (χ0n) is 12.5. The minimum absolute atomic E-state index is 0.722. The minimum atomic E-state index is 0.722. The van der Waals surface area contributed by atoms with Gasteiger partial charge in [0.25, 0.3) is 0 Å². The molecule has 100 valence electrons. The molecule has 0 aromatic heterocycles. The van der Waals surface area contributed by atoms with Crippen LogP contribution < -0.4 is 0 Å². The lowest BCUT2D eigenvalue weighted by Gasteiger charge is -2.11. The second-order valence-corrected chi connectivity index (χ2v) is 5.16. The molecule has 1 nitrogen and oxygen atoms in total.